The van der Waals surface area contributed by atoms with Crippen molar-refractivity contribution in [2.45, 2.75) is 13.8 Å². The van der Waals surface area contributed by atoms with Crippen LogP contribution in [0.5, 0.6) is 0 Å². The van der Waals surface area contributed by atoms with E-state index >= 15 is 0 Å². The zero-order chi connectivity index (χ0) is 10.7. The van der Waals surface area contributed by atoms with Gasteiger partial charge < -0.3 is 11.1 Å². The van der Waals surface area contributed by atoms with E-state index < -0.39 is 5.91 Å². The Balaban J connectivity index is 2.91. The van der Waals surface area contributed by atoms with E-state index in [4.69, 9.17) is 17.3 Å². The van der Waals surface area contributed by atoms with Crippen LogP contribution in [0.4, 0.5) is 5.69 Å². The molecule has 0 aliphatic rings. The minimum atomic E-state index is -0.402. The Labute approximate surface area is 88.2 Å². The van der Waals surface area contributed by atoms with Gasteiger partial charge in [-0.25, -0.2) is 0 Å². The summed E-state index contributed by atoms with van der Waals surface area (Å²) in [4.78, 5) is 10.6. The molecule has 0 bridgehead atoms. The van der Waals surface area contributed by atoms with Gasteiger partial charge in [-0.2, -0.15) is 0 Å². The highest BCUT2D eigenvalue weighted by molar-refractivity contribution is 6.33. The zero-order valence-electron chi connectivity index (χ0n) is 8.23. The van der Waals surface area contributed by atoms with Gasteiger partial charge in [0.05, 0.1) is 17.3 Å². The highest BCUT2D eigenvalue weighted by atomic mass is 35.5. The molecule has 3 nitrogen and oxygen atoms in total. The van der Waals surface area contributed by atoms with Crippen molar-refractivity contribution >= 4 is 23.2 Å². The second-order valence-electron chi connectivity index (χ2n) is 3.26. The predicted octanol–water partition coefficient (Wildman–Crippen LogP) is 1.85. The fourth-order valence-corrected chi connectivity index (χ4v) is 1.70. The molecule has 1 aromatic carbocycles. The van der Waals surface area contributed by atoms with Crippen LogP contribution < -0.4 is 11.1 Å². The molecule has 4 heteroatoms. The first-order valence-corrected chi connectivity index (χ1v) is 4.67. The van der Waals surface area contributed by atoms with Gasteiger partial charge in [0.15, 0.2) is 0 Å². The molecule has 0 saturated heterocycles. The van der Waals surface area contributed by atoms with Crippen molar-refractivity contribution in [2.24, 2.45) is 5.73 Å². The van der Waals surface area contributed by atoms with E-state index in [0.717, 1.165) is 16.8 Å². The molecule has 1 aromatic rings. The summed E-state index contributed by atoms with van der Waals surface area (Å²) < 4.78 is 0. The van der Waals surface area contributed by atoms with Gasteiger partial charge in [0, 0.05) is 0 Å². The van der Waals surface area contributed by atoms with Gasteiger partial charge in [0.1, 0.15) is 0 Å². The van der Waals surface area contributed by atoms with Crippen LogP contribution in [0.15, 0.2) is 12.1 Å². The molecular weight excluding hydrogens is 200 g/mol. The van der Waals surface area contributed by atoms with E-state index in [9.17, 15) is 4.79 Å². The lowest BCUT2D eigenvalue weighted by atomic mass is 10.1. The van der Waals surface area contributed by atoms with Crippen molar-refractivity contribution in [2.75, 3.05) is 11.9 Å². The minimum absolute atomic E-state index is 0.101. The fourth-order valence-electron chi connectivity index (χ4n) is 1.32. The second kappa shape index (κ2) is 4.33. The van der Waals surface area contributed by atoms with Gasteiger partial charge in [-0.1, -0.05) is 17.7 Å². The molecular formula is C10H13ClN2O. The third kappa shape index (κ3) is 2.64. The van der Waals surface area contributed by atoms with Crippen molar-refractivity contribution in [3.63, 3.8) is 0 Å². The standard InChI is InChI=1S/C10H13ClN2O/c1-6-3-7(2)10(8(11)4-6)13-5-9(12)14/h3-4,13H,5H2,1-2H3,(H2,12,14). The maximum Gasteiger partial charge on any atom is 0.236 e. The Morgan fingerprint density at radius 3 is 2.64 bits per heavy atom. The number of hydrogen-bond donors (Lipinski definition) is 2. The van der Waals surface area contributed by atoms with Gasteiger partial charge in [-0.05, 0) is 31.0 Å². The van der Waals surface area contributed by atoms with Crippen LogP contribution >= 0.6 is 11.6 Å². The highest BCUT2D eigenvalue weighted by Gasteiger charge is 2.05. The third-order valence-corrected chi connectivity index (χ3v) is 2.17. The summed E-state index contributed by atoms with van der Waals surface area (Å²) in [7, 11) is 0. The number of benzene rings is 1. The van der Waals surface area contributed by atoms with E-state index in [1.54, 1.807) is 0 Å². The summed E-state index contributed by atoms with van der Waals surface area (Å²) in [6.45, 7) is 4.00. The number of halogens is 1. The zero-order valence-corrected chi connectivity index (χ0v) is 8.98. The van der Waals surface area contributed by atoms with Crippen molar-refractivity contribution in [1.82, 2.24) is 0 Å². The Morgan fingerprint density at radius 2 is 2.14 bits per heavy atom. The van der Waals surface area contributed by atoms with Crippen LogP contribution in [0.25, 0.3) is 0 Å². The first-order valence-electron chi connectivity index (χ1n) is 4.29. The monoisotopic (exact) mass is 212 g/mol. The first kappa shape index (κ1) is 10.9. The van der Waals surface area contributed by atoms with Crippen LogP contribution in [0.1, 0.15) is 11.1 Å². The number of hydrogen-bond acceptors (Lipinski definition) is 2. The first-order chi connectivity index (χ1) is 6.50. The van der Waals surface area contributed by atoms with E-state index in [-0.39, 0.29) is 6.54 Å². The van der Waals surface area contributed by atoms with E-state index in [2.05, 4.69) is 5.32 Å². The van der Waals surface area contributed by atoms with Crippen LogP contribution in [-0.2, 0) is 4.79 Å². The number of rotatable bonds is 3. The SMILES string of the molecule is Cc1cc(C)c(NCC(N)=O)c(Cl)c1. The molecule has 1 rings (SSSR count). The quantitative estimate of drug-likeness (QED) is 0.804. The Bertz CT molecular complexity index is 340. The molecule has 0 radical (unpaired) electrons. The van der Waals surface area contributed by atoms with Crippen LogP contribution in [-0.4, -0.2) is 12.5 Å². The van der Waals surface area contributed by atoms with Crippen molar-refractivity contribution in [1.29, 1.82) is 0 Å². The summed E-state index contributed by atoms with van der Waals surface area (Å²) in [5, 5.41) is 3.52. The molecule has 0 heterocycles. The van der Waals surface area contributed by atoms with Gasteiger partial charge in [0.25, 0.3) is 0 Å². The average Bonchev–Trinajstić information content (AvgIpc) is 2.01. The van der Waals surface area contributed by atoms with Crippen LogP contribution in [0.2, 0.25) is 5.02 Å². The number of nitrogens with one attached hydrogen (secondary N) is 1. The maximum absolute atomic E-state index is 10.6. The van der Waals surface area contributed by atoms with Gasteiger partial charge >= 0.3 is 0 Å². The normalized spacial score (nSPS) is 9.93. The molecule has 0 fully saturated rings. The fraction of sp³-hybridized carbons (Fsp3) is 0.300. The number of carbonyl (C=O) groups excluding carboxylic acids is 1. The number of aryl methyl sites for hydroxylation is 2. The Morgan fingerprint density at radius 1 is 1.50 bits per heavy atom. The van der Waals surface area contributed by atoms with Crippen molar-refractivity contribution in [3.05, 3.63) is 28.3 Å². The van der Waals surface area contributed by atoms with Gasteiger partial charge in [-0.3, -0.25) is 4.79 Å². The number of amides is 1. The lowest BCUT2D eigenvalue weighted by molar-refractivity contribution is -0.116. The number of nitrogens with two attached hydrogens (primary N) is 1. The molecule has 0 atom stereocenters. The molecule has 0 aromatic heterocycles. The highest BCUT2D eigenvalue weighted by Crippen LogP contribution is 2.26. The predicted molar refractivity (Wildman–Crippen MR) is 58.6 cm³/mol. The van der Waals surface area contributed by atoms with Crippen LogP contribution in [0.3, 0.4) is 0 Å². The van der Waals surface area contributed by atoms with Crippen molar-refractivity contribution in [3.8, 4) is 0 Å². The average molecular weight is 213 g/mol. The van der Waals surface area contributed by atoms with E-state index in [0.29, 0.717) is 5.02 Å². The molecule has 14 heavy (non-hydrogen) atoms. The molecule has 3 N–H and O–H groups in total. The maximum atomic E-state index is 10.6. The number of primary amides is 1. The van der Waals surface area contributed by atoms with E-state index in [1.807, 2.05) is 26.0 Å². The largest absolute Gasteiger partial charge is 0.375 e. The van der Waals surface area contributed by atoms with Crippen LogP contribution in [0, 0.1) is 13.8 Å². The molecule has 0 saturated carbocycles. The number of carbonyl (C=O) groups is 1. The summed E-state index contributed by atoms with van der Waals surface area (Å²) in [6, 6.07) is 3.84. The molecule has 0 spiro atoms. The molecule has 0 unspecified atom stereocenters. The Kier molecular flexibility index (Phi) is 3.36. The summed E-state index contributed by atoms with van der Waals surface area (Å²) >= 11 is 6.00. The lowest BCUT2D eigenvalue weighted by Crippen LogP contribution is -2.22. The van der Waals surface area contributed by atoms with Crippen molar-refractivity contribution < 1.29 is 4.79 Å². The molecule has 76 valence electrons. The molecule has 0 aliphatic heterocycles. The van der Waals surface area contributed by atoms with Gasteiger partial charge in [0.2, 0.25) is 5.91 Å². The molecule has 0 aliphatic carbocycles. The summed E-state index contributed by atoms with van der Waals surface area (Å²) in [5.41, 5.74) is 7.90. The molecule has 1 amide bonds. The summed E-state index contributed by atoms with van der Waals surface area (Å²) in [6.07, 6.45) is 0. The minimum Gasteiger partial charge on any atom is -0.375 e. The number of anilines is 1. The smallest absolute Gasteiger partial charge is 0.236 e. The third-order valence-electron chi connectivity index (χ3n) is 1.87. The lowest BCUT2D eigenvalue weighted by Gasteiger charge is -2.10. The summed E-state index contributed by atoms with van der Waals surface area (Å²) in [5.74, 6) is -0.402. The Hall–Kier alpha value is -1.22. The second-order valence-corrected chi connectivity index (χ2v) is 3.67. The van der Waals surface area contributed by atoms with Gasteiger partial charge in [-0.15, -0.1) is 0 Å². The topological polar surface area (TPSA) is 55.1 Å². The van der Waals surface area contributed by atoms with E-state index in [1.165, 1.54) is 0 Å².